The predicted molar refractivity (Wildman–Crippen MR) is 120 cm³/mol. The highest BCUT2D eigenvalue weighted by Crippen LogP contribution is 2.42. The Hall–Kier alpha value is -0.970. The van der Waals surface area contributed by atoms with Crippen LogP contribution < -0.4 is 10.6 Å². The van der Waals surface area contributed by atoms with Crippen molar-refractivity contribution in [3.63, 3.8) is 0 Å². The molecule has 0 spiro atoms. The third-order valence-electron chi connectivity index (χ3n) is 7.25. The molecular formula is C22H35Cl2N3O. The minimum absolute atomic E-state index is 0. The van der Waals surface area contributed by atoms with Crippen molar-refractivity contribution in [3.05, 3.63) is 30.3 Å². The van der Waals surface area contributed by atoms with Gasteiger partial charge in [-0.15, -0.1) is 24.8 Å². The Kier molecular flexibility index (Phi) is 8.47. The fraction of sp³-hybridized carbons (Fsp3) is 0.682. The molecule has 4 nitrogen and oxygen atoms in total. The number of nitrogens with zero attached hydrogens (tertiary/aromatic N) is 2. The van der Waals surface area contributed by atoms with Gasteiger partial charge < -0.3 is 15.5 Å². The molecule has 28 heavy (non-hydrogen) atoms. The molecule has 0 radical (unpaired) electrons. The Bertz CT molecular complexity index is 607. The van der Waals surface area contributed by atoms with Crippen LogP contribution in [0.1, 0.15) is 44.9 Å². The number of anilines is 1. The molecule has 2 atom stereocenters. The highest BCUT2D eigenvalue weighted by Gasteiger charge is 2.42. The van der Waals surface area contributed by atoms with Crippen LogP contribution in [0.2, 0.25) is 0 Å². The van der Waals surface area contributed by atoms with Gasteiger partial charge in [0.15, 0.2) is 0 Å². The largest absolute Gasteiger partial charge is 0.371 e. The molecule has 2 N–H and O–H groups in total. The molecule has 1 aliphatic heterocycles. The van der Waals surface area contributed by atoms with Gasteiger partial charge >= 0.3 is 0 Å². The highest BCUT2D eigenvalue weighted by molar-refractivity contribution is 5.85. The lowest BCUT2D eigenvalue weighted by molar-refractivity contribution is -0.139. The van der Waals surface area contributed by atoms with E-state index in [1.165, 1.54) is 24.9 Å². The van der Waals surface area contributed by atoms with Gasteiger partial charge in [0.2, 0.25) is 5.91 Å². The van der Waals surface area contributed by atoms with Gasteiger partial charge in [-0.05, 0) is 62.5 Å². The number of likely N-dealkylation sites (tertiary alicyclic amines) is 1. The zero-order chi connectivity index (χ0) is 18.1. The normalized spacial score (nSPS) is 30.0. The van der Waals surface area contributed by atoms with Crippen molar-refractivity contribution in [2.45, 2.75) is 57.0 Å². The number of carbonyl (C=O) groups is 1. The van der Waals surface area contributed by atoms with Crippen LogP contribution in [-0.4, -0.2) is 43.0 Å². The quantitative estimate of drug-likeness (QED) is 0.788. The molecule has 4 rings (SSSR count). The Labute approximate surface area is 182 Å². The third-order valence-corrected chi connectivity index (χ3v) is 7.25. The number of benzene rings is 1. The number of halogens is 2. The number of hydrogen-bond donors (Lipinski definition) is 1. The second-order valence-corrected chi connectivity index (χ2v) is 8.70. The summed E-state index contributed by atoms with van der Waals surface area (Å²) in [6.45, 7) is 1.80. The van der Waals surface area contributed by atoms with Gasteiger partial charge in [0.1, 0.15) is 0 Å². The summed E-state index contributed by atoms with van der Waals surface area (Å²) in [5, 5.41) is 0. The van der Waals surface area contributed by atoms with Crippen molar-refractivity contribution in [3.8, 4) is 0 Å². The molecule has 158 valence electrons. The van der Waals surface area contributed by atoms with Crippen LogP contribution >= 0.6 is 24.8 Å². The van der Waals surface area contributed by atoms with Crippen molar-refractivity contribution in [2.24, 2.45) is 23.5 Å². The lowest BCUT2D eigenvalue weighted by Gasteiger charge is -2.45. The summed E-state index contributed by atoms with van der Waals surface area (Å²) in [5.74, 6) is 1.81. The minimum atomic E-state index is 0. The van der Waals surface area contributed by atoms with Crippen LogP contribution in [0, 0.1) is 17.8 Å². The van der Waals surface area contributed by atoms with E-state index in [0.29, 0.717) is 29.8 Å². The average Bonchev–Trinajstić information content (AvgIpc) is 2.67. The standard InChI is InChI=1S/C22H33N3O.2ClH/c1-24(19-8-3-2-4-9-19)20-10-12-25(13-11-20)22(26)18-14-16-6-5-7-17(15-18)21(16)23;;/h2-4,8-9,16-18,20-21H,5-7,10-15,23H2,1H3;2*1H. The number of piperidine rings is 1. The zero-order valence-electron chi connectivity index (χ0n) is 16.8. The number of hydrogen-bond acceptors (Lipinski definition) is 3. The number of para-hydroxylation sites is 1. The molecule has 2 bridgehead atoms. The molecule has 1 heterocycles. The molecule has 2 saturated carbocycles. The van der Waals surface area contributed by atoms with Crippen LogP contribution in [0.15, 0.2) is 30.3 Å². The summed E-state index contributed by atoms with van der Waals surface area (Å²) in [5.41, 5.74) is 7.67. The molecule has 1 aromatic rings. The first-order chi connectivity index (χ1) is 12.6. The van der Waals surface area contributed by atoms with E-state index < -0.39 is 0 Å². The van der Waals surface area contributed by atoms with Crippen molar-refractivity contribution in [2.75, 3.05) is 25.0 Å². The van der Waals surface area contributed by atoms with Crippen molar-refractivity contribution < 1.29 is 4.79 Å². The maximum Gasteiger partial charge on any atom is 0.225 e. The van der Waals surface area contributed by atoms with Crippen molar-refractivity contribution >= 4 is 36.4 Å². The molecular weight excluding hydrogens is 393 g/mol. The smallest absolute Gasteiger partial charge is 0.225 e. The number of fused-ring (bicyclic) bond motifs is 2. The molecule has 1 amide bonds. The molecule has 3 fully saturated rings. The maximum absolute atomic E-state index is 13.1. The summed E-state index contributed by atoms with van der Waals surface area (Å²) >= 11 is 0. The number of carbonyl (C=O) groups excluding carboxylic acids is 1. The van der Waals surface area contributed by atoms with Crippen LogP contribution in [0.5, 0.6) is 0 Å². The molecule has 2 aliphatic carbocycles. The van der Waals surface area contributed by atoms with E-state index in [1.54, 1.807) is 0 Å². The van der Waals surface area contributed by atoms with Gasteiger partial charge in [-0.25, -0.2) is 0 Å². The first-order valence-corrected chi connectivity index (χ1v) is 10.5. The van der Waals surface area contributed by atoms with Crippen LogP contribution in [0.25, 0.3) is 0 Å². The van der Waals surface area contributed by atoms with Gasteiger partial charge in [-0.1, -0.05) is 24.6 Å². The van der Waals surface area contributed by atoms with Gasteiger partial charge in [0.25, 0.3) is 0 Å². The SMILES string of the molecule is CN(c1ccccc1)C1CCN(C(=O)C2CC3CCCC(C2)C3N)CC1.Cl.Cl. The molecule has 1 aromatic carbocycles. The first kappa shape index (κ1) is 23.3. The second kappa shape index (κ2) is 10.2. The summed E-state index contributed by atoms with van der Waals surface area (Å²) in [6.07, 6.45) is 7.95. The second-order valence-electron chi connectivity index (χ2n) is 8.70. The minimum Gasteiger partial charge on any atom is -0.371 e. The zero-order valence-corrected chi connectivity index (χ0v) is 18.5. The van der Waals surface area contributed by atoms with Crippen LogP contribution in [0.3, 0.4) is 0 Å². The van der Waals surface area contributed by atoms with Crippen molar-refractivity contribution in [1.82, 2.24) is 4.90 Å². The van der Waals surface area contributed by atoms with E-state index in [4.69, 9.17) is 5.73 Å². The highest BCUT2D eigenvalue weighted by atomic mass is 35.5. The van der Waals surface area contributed by atoms with Gasteiger partial charge in [0.05, 0.1) is 0 Å². The van der Waals surface area contributed by atoms with E-state index in [2.05, 4.69) is 47.2 Å². The molecule has 1 saturated heterocycles. The summed E-state index contributed by atoms with van der Waals surface area (Å²) < 4.78 is 0. The Morgan fingerprint density at radius 3 is 2.14 bits per heavy atom. The Morgan fingerprint density at radius 1 is 1.00 bits per heavy atom. The predicted octanol–water partition coefficient (Wildman–Crippen LogP) is 4.11. The Morgan fingerprint density at radius 2 is 1.57 bits per heavy atom. The lowest BCUT2D eigenvalue weighted by Crippen LogP contribution is -2.52. The van der Waals surface area contributed by atoms with E-state index >= 15 is 0 Å². The number of nitrogens with two attached hydrogens (primary N) is 1. The van der Waals surface area contributed by atoms with E-state index in [0.717, 1.165) is 38.8 Å². The van der Waals surface area contributed by atoms with E-state index in [1.807, 2.05) is 0 Å². The topological polar surface area (TPSA) is 49.6 Å². The van der Waals surface area contributed by atoms with E-state index in [-0.39, 0.29) is 30.7 Å². The lowest BCUT2D eigenvalue weighted by atomic mass is 9.65. The third kappa shape index (κ3) is 4.77. The fourth-order valence-electron chi connectivity index (χ4n) is 5.60. The maximum atomic E-state index is 13.1. The molecule has 3 aliphatic rings. The molecule has 6 heteroatoms. The van der Waals surface area contributed by atoms with Gasteiger partial charge in [0, 0.05) is 43.8 Å². The van der Waals surface area contributed by atoms with E-state index in [9.17, 15) is 4.79 Å². The van der Waals surface area contributed by atoms with Gasteiger partial charge in [-0.3, -0.25) is 4.79 Å². The van der Waals surface area contributed by atoms with Crippen LogP contribution in [-0.2, 0) is 4.79 Å². The average molecular weight is 428 g/mol. The van der Waals surface area contributed by atoms with Crippen molar-refractivity contribution in [1.29, 1.82) is 0 Å². The summed E-state index contributed by atoms with van der Waals surface area (Å²) in [7, 11) is 2.18. The number of amides is 1. The molecule has 2 unspecified atom stereocenters. The van der Waals surface area contributed by atoms with Gasteiger partial charge in [-0.2, -0.15) is 0 Å². The summed E-state index contributed by atoms with van der Waals surface area (Å²) in [6, 6.07) is 11.5. The fourth-order valence-corrected chi connectivity index (χ4v) is 5.60. The monoisotopic (exact) mass is 427 g/mol. The molecule has 0 aromatic heterocycles. The van der Waals surface area contributed by atoms with Crippen LogP contribution in [0.4, 0.5) is 5.69 Å². The Balaban J connectivity index is 0.00000140. The summed E-state index contributed by atoms with van der Waals surface area (Å²) in [4.78, 5) is 17.6. The first-order valence-electron chi connectivity index (χ1n) is 10.5. The number of rotatable bonds is 3.